The summed E-state index contributed by atoms with van der Waals surface area (Å²) in [5.41, 5.74) is 2.57. The fourth-order valence-corrected chi connectivity index (χ4v) is 5.93. The summed E-state index contributed by atoms with van der Waals surface area (Å²) in [4.78, 5) is 26.2. The molecule has 37 heavy (non-hydrogen) atoms. The highest BCUT2D eigenvalue weighted by atomic mass is 35.5. The molecular weight excluding hydrogens is 506 g/mol. The Labute approximate surface area is 227 Å². The summed E-state index contributed by atoms with van der Waals surface area (Å²) in [5.74, 6) is -1.20. The van der Waals surface area contributed by atoms with Crippen LogP contribution in [0.15, 0.2) is 70.8 Å². The maximum atomic E-state index is 13.4. The van der Waals surface area contributed by atoms with Crippen LogP contribution >= 0.6 is 23.4 Å². The van der Waals surface area contributed by atoms with E-state index in [0.29, 0.717) is 32.5 Å². The van der Waals surface area contributed by atoms with Crippen molar-refractivity contribution in [3.8, 4) is 6.07 Å². The molecule has 0 aromatic heterocycles. The molecule has 0 bridgehead atoms. The molecule has 1 fully saturated rings. The maximum absolute atomic E-state index is 13.4. The van der Waals surface area contributed by atoms with E-state index in [9.17, 15) is 14.9 Å². The average molecular weight is 536 g/mol. The Kier molecular flexibility index (Phi) is 9.32. The van der Waals surface area contributed by atoms with E-state index < -0.39 is 11.9 Å². The molecule has 1 amide bonds. The average Bonchev–Trinajstić information content (AvgIpc) is 2.92. The van der Waals surface area contributed by atoms with Crippen LogP contribution in [0.25, 0.3) is 5.70 Å². The number of ether oxygens (including phenoxy) is 1. The molecule has 2 aromatic rings. The van der Waals surface area contributed by atoms with Crippen molar-refractivity contribution >= 4 is 40.9 Å². The van der Waals surface area contributed by atoms with Crippen LogP contribution < -0.4 is 10.6 Å². The van der Waals surface area contributed by atoms with E-state index in [-0.39, 0.29) is 24.3 Å². The van der Waals surface area contributed by atoms with E-state index in [1.54, 1.807) is 19.1 Å². The van der Waals surface area contributed by atoms with Crippen molar-refractivity contribution in [3.05, 3.63) is 86.9 Å². The number of halogens is 1. The SMILES string of the molecule is CCOC(=O)C1=C(c2ccccc2)NC(SCC(=O)NC2CCCCC2)=C(C#N)[C@H]1c1ccccc1Cl. The third-order valence-electron chi connectivity index (χ3n) is 6.54. The summed E-state index contributed by atoms with van der Waals surface area (Å²) in [6.07, 6.45) is 5.47. The number of hydrogen-bond acceptors (Lipinski definition) is 6. The number of thioether (sulfide) groups is 1. The first-order valence-electron chi connectivity index (χ1n) is 12.6. The standard InChI is InChI=1S/C29H30ClN3O3S/c1-2-36-29(35)26-25(21-15-9-10-16-23(21)30)22(17-31)28(33-27(26)19-11-5-3-6-12-19)37-18-24(34)32-20-13-7-4-8-14-20/h3,5-6,9-12,15-16,20,25,33H,2,4,7-8,13-14,18H2,1H3,(H,32,34)/t25-/m1/s1. The molecule has 0 unspecified atom stereocenters. The Morgan fingerprint density at radius 1 is 1.11 bits per heavy atom. The van der Waals surface area contributed by atoms with Gasteiger partial charge < -0.3 is 15.4 Å². The first-order chi connectivity index (χ1) is 18.0. The van der Waals surface area contributed by atoms with Gasteiger partial charge in [-0.25, -0.2) is 4.79 Å². The first kappa shape index (κ1) is 26.8. The molecule has 2 N–H and O–H groups in total. The third-order valence-corrected chi connectivity index (χ3v) is 7.90. The monoisotopic (exact) mass is 535 g/mol. The predicted molar refractivity (Wildman–Crippen MR) is 147 cm³/mol. The second-order valence-corrected chi connectivity index (χ2v) is 10.4. The van der Waals surface area contributed by atoms with Crippen LogP contribution in [0.4, 0.5) is 0 Å². The number of esters is 1. The normalized spacial score (nSPS) is 18.1. The summed E-state index contributed by atoms with van der Waals surface area (Å²) in [7, 11) is 0. The van der Waals surface area contributed by atoms with Gasteiger partial charge in [0, 0.05) is 11.1 Å². The zero-order valence-corrected chi connectivity index (χ0v) is 22.3. The van der Waals surface area contributed by atoms with Gasteiger partial charge in [-0.3, -0.25) is 4.79 Å². The zero-order chi connectivity index (χ0) is 26.2. The number of rotatable bonds is 8. The summed E-state index contributed by atoms with van der Waals surface area (Å²) >= 11 is 7.87. The van der Waals surface area contributed by atoms with Crippen molar-refractivity contribution in [2.75, 3.05) is 12.4 Å². The van der Waals surface area contributed by atoms with Crippen molar-refractivity contribution in [1.29, 1.82) is 5.26 Å². The number of benzene rings is 2. The van der Waals surface area contributed by atoms with Gasteiger partial charge in [0.15, 0.2) is 0 Å². The molecule has 0 spiro atoms. The van der Waals surface area contributed by atoms with Gasteiger partial charge in [-0.1, -0.05) is 91.2 Å². The topological polar surface area (TPSA) is 91.2 Å². The second kappa shape index (κ2) is 12.8. The number of carbonyl (C=O) groups excluding carboxylic acids is 2. The van der Waals surface area contributed by atoms with Gasteiger partial charge in [-0.2, -0.15) is 5.26 Å². The molecule has 1 aliphatic carbocycles. The molecule has 6 nitrogen and oxygen atoms in total. The lowest BCUT2D eigenvalue weighted by Crippen LogP contribution is -2.37. The van der Waals surface area contributed by atoms with Gasteiger partial charge in [0.25, 0.3) is 0 Å². The third kappa shape index (κ3) is 6.38. The fourth-order valence-electron chi connectivity index (χ4n) is 4.83. The summed E-state index contributed by atoms with van der Waals surface area (Å²) < 4.78 is 5.45. The molecular formula is C29H30ClN3O3S. The number of nitrogens with zero attached hydrogens (tertiary/aromatic N) is 1. The van der Waals surface area contributed by atoms with Crippen molar-refractivity contribution < 1.29 is 14.3 Å². The maximum Gasteiger partial charge on any atom is 0.337 e. The molecule has 1 heterocycles. The molecule has 2 aromatic carbocycles. The molecule has 8 heteroatoms. The van der Waals surface area contributed by atoms with Crippen molar-refractivity contribution in [3.63, 3.8) is 0 Å². The Balaban J connectivity index is 1.75. The minimum atomic E-state index is -0.752. The van der Waals surface area contributed by atoms with Crippen LogP contribution in [0, 0.1) is 11.3 Å². The highest BCUT2D eigenvalue weighted by molar-refractivity contribution is 8.03. The largest absolute Gasteiger partial charge is 0.463 e. The van der Waals surface area contributed by atoms with E-state index in [0.717, 1.165) is 31.2 Å². The molecule has 1 aliphatic heterocycles. The molecule has 2 aliphatic rings. The van der Waals surface area contributed by atoms with E-state index in [1.165, 1.54) is 18.2 Å². The number of nitriles is 1. The van der Waals surface area contributed by atoms with Crippen LogP contribution in [-0.4, -0.2) is 30.3 Å². The minimum absolute atomic E-state index is 0.0702. The van der Waals surface area contributed by atoms with Gasteiger partial charge in [0.2, 0.25) is 5.91 Å². The van der Waals surface area contributed by atoms with Crippen LogP contribution in [0.3, 0.4) is 0 Å². The Morgan fingerprint density at radius 3 is 2.49 bits per heavy atom. The smallest absolute Gasteiger partial charge is 0.337 e. The van der Waals surface area contributed by atoms with Gasteiger partial charge in [-0.05, 0) is 37.0 Å². The van der Waals surface area contributed by atoms with E-state index in [2.05, 4.69) is 16.7 Å². The van der Waals surface area contributed by atoms with Crippen LogP contribution in [0.1, 0.15) is 56.1 Å². The van der Waals surface area contributed by atoms with Crippen molar-refractivity contribution in [1.82, 2.24) is 10.6 Å². The Bertz CT molecular complexity index is 1250. The number of allylic oxidation sites excluding steroid dienone is 1. The summed E-state index contributed by atoms with van der Waals surface area (Å²) in [6.45, 7) is 1.93. The second-order valence-electron chi connectivity index (χ2n) is 9.00. The van der Waals surface area contributed by atoms with Crippen LogP contribution in [0.5, 0.6) is 0 Å². The Hall–Kier alpha value is -3.21. The molecule has 0 radical (unpaired) electrons. The van der Waals surface area contributed by atoms with Crippen LogP contribution in [-0.2, 0) is 14.3 Å². The lowest BCUT2D eigenvalue weighted by atomic mass is 9.81. The number of dihydropyridines is 1. The highest BCUT2D eigenvalue weighted by Gasteiger charge is 2.38. The van der Waals surface area contributed by atoms with Gasteiger partial charge >= 0.3 is 5.97 Å². The Morgan fingerprint density at radius 2 is 1.81 bits per heavy atom. The number of nitrogens with one attached hydrogen (secondary N) is 2. The molecule has 1 saturated carbocycles. The van der Waals surface area contributed by atoms with Gasteiger partial charge in [0.05, 0.1) is 46.2 Å². The minimum Gasteiger partial charge on any atom is -0.463 e. The fraction of sp³-hybridized carbons (Fsp3) is 0.345. The predicted octanol–water partition coefficient (Wildman–Crippen LogP) is 5.92. The van der Waals surface area contributed by atoms with E-state index in [1.807, 2.05) is 42.5 Å². The number of hydrogen-bond donors (Lipinski definition) is 2. The zero-order valence-electron chi connectivity index (χ0n) is 20.8. The summed E-state index contributed by atoms with van der Waals surface area (Å²) in [5, 5.41) is 17.7. The first-order valence-corrected chi connectivity index (χ1v) is 13.9. The summed E-state index contributed by atoms with van der Waals surface area (Å²) in [6, 6.07) is 19.1. The molecule has 1 atom stereocenters. The number of amides is 1. The molecule has 4 rings (SSSR count). The highest BCUT2D eigenvalue weighted by Crippen LogP contribution is 2.45. The van der Waals surface area contributed by atoms with Crippen molar-refractivity contribution in [2.24, 2.45) is 0 Å². The molecule has 0 saturated heterocycles. The van der Waals surface area contributed by atoms with Crippen molar-refractivity contribution in [2.45, 2.75) is 51.0 Å². The van der Waals surface area contributed by atoms with Gasteiger partial charge in [-0.15, -0.1) is 0 Å². The van der Waals surface area contributed by atoms with E-state index in [4.69, 9.17) is 16.3 Å². The van der Waals surface area contributed by atoms with Crippen LogP contribution in [0.2, 0.25) is 5.02 Å². The van der Waals surface area contributed by atoms with E-state index >= 15 is 0 Å². The quantitative estimate of drug-likeness (QED) is 0.408. The lowest BCUT2D eigenvalue weighted by Gasteiger charge is -2.31. The van der Waals surface area contributed by atoms with Gasteiger partial charge in [0.1, 0.15) is 0 Å². The molecule has 192 valence electrons. The lowest BCUT2D eigenvalue weighted by molar-refractivity contribution is -0.138. The number of carbonyl (C=O) groups is 2.